The molecule has 0 radical (unpaired) electrons. The highest BCUT2D eigenvalue weighted by Crippen LogP contribution is 2.15. The number of nitrogens with zero attached hydrogens (tertiary/aromatic N) is 1. The molecule has 0 saturated carbocycles. The van der Waals surface area contributed by atoms with E-state index in [0.717, 1.165) is 4.57 Å². The summed E-state index contributed by atoms with van der Waals surface area (Å²) in [6.07, 6.45) is 0. The number of fused-ring (bicyclic) bond motifs is 1. The van der Waals surface area contributed by atoms with Crippen LogP contribution in [0.5, 0.6) is 0 Å². The minimum atomic E-state index is -1.16. The number of carbonyl (C=O) groups excluding carboxylic acids is 1. The lowest BCUT2D eigenvalue weighted by Gasteiger charge is -2.16. The van der Waals surface area contributed by atoms with E-state index in [9.17, 15) is 19.2 Å². The van der Waals surface area contributed by atoms with Gasteiger partial charge in [0.25, 0.3) is 0 Å². The highest BCUT2D eigenvalue weighted by molar-refractivity contribution is 5.92. The molecule has 1 atom stereocenters. The van der Waals surface area contributed by atoms with Gasteiger partial charge in [-0.3, -0.25) is 19.0 Å². The van der Waals surface area contributed by atoms with E-state index in [0.29, 0.717) is 0 Å². The number of benzene rings is 1. The molecule has 110 valence electrons. The van der Waals surface area contributed by atoms with Crippen molar-refractivity contribution in [3.8, 4) is 0 Å². The fraction of sp³-hybridized carbons (Fsp3) is 0.231. The molecule has 1 unspecified atom stereocenters. The zero-order chi connectivity index (χ0) is 15.7. The van der Waals surface area contributed by atoms with Gasteiger partial charge >= 0.3 is 17.1 Å². The number of aromatic amines is 1. The average molecular weight is 291 g/mol. The first-order valence-corrected chi connectivity index (χ1v) is 6.10. The molecule has 1 heterocycles. The second kappa shape index (κ2) is 5.23. The second-order valence-electron chi connectivity index (χ2n) is 4.46. The first-order chi connectivity index (χ1) is 9.86. The number of likely N-dealkylation sites (N-methyl/N-ethyl adjacent to an activating group) is 1. The van der Waals surface area contributed by atoms with Crippen molar-refractivity contribution in [3.63, 3.8) is 0 Å². The van der Waals surface area contributed by atoms with Crippen LogP contribution in [0, 0.1) is 0 Å². The monoisotopic (exact) mass is 291 g/mol. The third kappa shape index (κ3) is 2.42. The zero-order valence-electron chi connectivity index (χ0n) is 11.3. The number of rotatable bonds is 3. The van der Waals surface area contributed by atoms with Crippen LogP contribution >= 0.6 is 0 Å². The van der Waals surface area contributed by atoms with Crippen molar-refractivity contribution >= 4 is 22.9 Å². The number of aromatic nitrogens is 2. The number of hydrogen-bond donors (Lipinski definition) is 3. The van der Waals surface area contributed by atoms with Gasteiger partial charge in [0.15, 0.2) is 0 Å². The third-order valence-corrected chi connectivity index (χ3v) is 3.18. The van der Waals surface area contributed by atoms with Crippen LogP contribution in [0.4, 0.5) is 0 Å². The number of carbonyl (C=O) groups is 2. The zero-order valence-corrected chi connectivity index (χ0v) is 11.3. The smallest absolute Gasteiger partial charge is 0.335 e. The Bertz CT molecular complexity index is 849. The summed E-state index contributed by atoms with van der Waals surface area (Å²) < 4.78 is 1.04. The summed E-state index contributed by atoms with van der Waals surface area (Å²) in [5, 5.41) is 11.3. The van der Waals surface area contributed by atoms with Crippen molar-refractivity contribution in [1.82, 2.24) is 14.9 Å². The highest BCUT2D eigenvalue weighted by Gasteiger charge is 2.19. The molecular weight excluding hydrogens is 278 g/mol. The molecule has 1 aromatic carbocycles. The standard InChI is InChI=1S/C13H13N3O5/c1-6(10(17)14-2)16-9-4-3-7(13(20)21)5-8(9)15-11(18)12(16)19/h3-6H,1-2H3,(H,14,17)(H,15,18)(H,20,21). The molecule has 0 spiro atoms. The van der Waals surface area contributed by atoms with Gasteiger partial charge in [0.1, 0.15) is 6.04 Å². The largest absolute Gasteiger partial charge is 0.478 e. The Hall–Kier alpha value is -2.90. The predicted octanol–water partition coefficient (Wildman–Crippen LogP) is -0.305. The number of carboxylic acids is 1. The number of hydrogen-bond acceptors (Lipinski definition) is 4. The van der Waals surface area contributed by atoms with Crippen LogP contribution in [0.15, 0.2) is 27.8 Å². The minimum Gasteiger partial charge on any atom is -0.478 e. The lowest BCUT2D eigenvalue weighted by molar-refractivity contribution is -0.123. The Morgan fingerprint density at radius 3 is 2.57 bits per heavy atom. The van der Waals surface area contributed by atoms with Crippen LogP contribution in [-0.2, 0) is 4.79 Å². The van der Waals surface area contributed by atoms with E-state index in [1.807, 2.05) is 0 Å². The van der Waals surface area contributed by atoms with E-state index in [1.54, 1.807) is 0 Å². The van der Waals surface area contributed by atoms with E-state index in [2.05, 4.69) is 10.3 Å². The molecule has 0 aliphatic carbocycles. The summed E-state index contributed by atoms with van der Waals surface area (Å²) in [6.45, 7) is 1.48. The summed E-state index contributed by atoms with van der Waals surface area (Å²) in [7, 11) is 1.42. The van der Waals surface area contributed by atoms with Crippen LogP contribution in [0.1, 0.15) is 23.3 Å². The van der Waals surface area contributed by atoms with Gasteiger partial charge in [-0.15, -0.1) is 0 Å². The lowest BCUT2D eigenvalue weighted by atomic mass is 10.1. The van der Waals surface area contributed by atoms with Crippen LogP contribution < -0.4 is 16.4 Å². The molecule has 0 saturated heterocycles. The van der Waals surface area contributed by atoms with Gasteiger partial charge in [-0.25, -0.2) is 4.79 Å². The molecule has 0 aliphatic heterocycles. The van der Waals surface area contributed by atoms with Gasteiger partial charge < -0.3 is 15.4 Å². The number of nitrogens with one attached hydrogen (secondary N) is 2. The number of carboxylic acid groups (broad SMARTS) is 1. The van der Waals surface area contributed by atoms with E-state index in [-0.39, 0.29) is 16.6 Å². The van der Waals surface area contributed by atoms with Crippen molar-refractivity contribution in [3.05, 3.63) is 44.5 Å². The summed E-state index contributed by atoms with van der Waals surface area (Å²) in [6, 6.07) is 3.03. The summed E-state index contributed by atoms with van der Waals surface area (Å²) in [5.41, 5.74) is -1.37. The number of aromatic carboxylic acids is 1. The van der Waals surface area contributed by atoms with Crippen molar-refractivity contribution in [2.45, 2.75) is 13.0 Å². The van der Waals surface area contributed by atoms with Crippen LogP contribution in [0.3, 0.4) is 0 Å². The second-order valence-corrected chi connectivity index (χ2v) is 4.46. The van der Waals surface area contributed by atoms with Crippen LogP contribution in [0.2, 0.25) is 0 Å². The van der Waals surface area contributed by atoms with Gasteiger partial charge in [0, 0.05) is 7.05 Å². The van der Waals surface area contributed by atoms with Crippen molar-refractivity contribution < 1.29 is 14.7 Å². The Labute approximate surface area is 118 Å². The van der Waals surface area contributed by atoms with Crippen molar-refractivity contribution in [2.75, 3.05) is 7.05 Å². The Morgan fingerprint density at radius 2 is 2.00 bits per heavy atom. The quantitative estimate of drug-likeness (QED) is 0.670. The summed E-state index contributed by atoms with van der Waals surface area (Å²) >= 11 is 0. The molecule has 0 fully saturated rings. The molecule has 0 bridgehead atoms. The van der Waals surface area contributed by atoms with E-state index in [4.69, 9.17) is 5.11 Å². The maximum atomic E-state index is 12.0. The molecule has 1 amide bonds. The fourth-order valence-electron chi connectivity index (χ4n) is 2.08. The van der Waals surface area contributed by atoms with Gasteiger partial charge in [0.2, 0.25) is 5.91 Å². The molecule has 21 heavy (non-hydrogen) atoms. The minimum absolute atomic E-state index is 0.0315. The fourth-order valence-corrected chi connectivity index (χ4v) is 2.08. The SMILES string of the molecule is CNC(=O)C(C)n1c(=O)c(=O)[nH]c2cc(C(=O)O)ccc21. The highest BCUT2D eigenvalue weighted by atomic mass is 16.4. The third-order valence-electron chi connectivity index (χ3n) is 3.18. The molecule has 2 rings (SSSR count). The average Bonchev–Trinajstić information content (AvgIpc) is 2.46. The maximum absolute atomic E-state index is 12.0. The summed E-state index contributed by atoms with van der Waals surface area (Å²) in [4.78, 5) is 48.7. The first-order valence-electron chi connectivity index (χ1n) is 6.10. The molecule has 1 aromatic heterocycles. The van der Waals surface area contributed by atoms with Gasteiger partial charge in [-0.2, -0.15) is 0 Å². The molecule has 8 heteroatoms. The van der Waals surface area contributed by atoms with E-state index >= 15 is 0 Å². The van der Waals surface area contributed by atoms with Gasteiger partial charge in [-0.1, -0.05) is 0 Å². The topological polar surface area (TPSA) is 121 Å². The van der Waals surface area contributed by atoms with Crippen molar-refractivity contribution in [1.29, 1.82) is 0 Å². The summed E-state index contributed by atoms with van der Waals surface area (Å²) in [5.74, 6) is -1.60. The van der Waals surface area contributed by atoms with Crippen LogP contribution in [0.25, 0.3) is 11.0 Å². The van der Waals surface area contributed by atoms with E-state index in [1.165, 1.54) is 32.2 Å². The number of H-pyrrole nitrogens is 1. The van der Waals surface area contributed by atoms with E-state index < -0.39 is 29.0 Å². The first kappa shape index (κ1) is 14.5. The Balaban J connectivity index is 2.83. The lowest BCUT2D eigenvalue weighted by Crippen LogP contribution is -2.41. The normalized spacial score (nSPS) is 12.1. The molecule has 0 aliphatic rings. The molecule has 8 nitrogen and oxygen atoms in total. The maximum Gasteiger partial charge on any atom is 0.335 e. The Morgan fingerprint density at radius 1 is 1.33 bits per heavy atom. The Kier molecular flexibility index (Phi) is 3.62. The van der Waals surface area contributed by atoms with Gasteiger partial charge in [0.05, 0.1) is 16.6 Å². The van der Waals surface area contributed by atoms with Gasteiger partial charge in [-0.05, 0) is 25.1 Å². The van der Waals surface area contributed by atoms with Crippen LogP contribution in [-0.4, -0.2) is 33.6 Å². The molecule has 3 N–H and O–H groups in total. The predicted molar refractivity (Wildman–Crippen MR) is 74.6 cm³/mol. The number of amides is 1. The molecular formula is C13H13N3O5. The molecule has 2 aromatic rings. The van der Waals surface area contributed by atoms with Crippen molar-refractivity contribution in [2.24, 2.45) is 0 Å².